The highest BCUT2D eigenvalue weighted by Gasteiger charge is 2.25. The first kappa shape index (κ1) is 19.6. The molecule has 6 nitrogen and oxygen atoms in total. The van der Waals surface area contributed by atoms with Gasteiger partial charge in [-0.1, -0.05) is 6.07 Å². The van der Waals surface area contributed by atoms with Crippen molar-refractivity contribution in [1.29, 1.82) is 0 Å². The average molecular weight is 415 g/mol. The Morgan fingerprint density at radius 2 is 1.97 bits per heavy atom. The van der Waals surface area contributed by atoms with Crippen molar-refractivity contribution < 1.29 is 17.6 Å². The minimum atomic E-state index is -3.58. The average Bonchev–Trinajstić information content (AvgIpc) is 3.38. The standard InChI is InChI=1S/C21H22FN3O3S/c1-12(2)29(27,28)25-20-7-4-14(8-16(20)11-23-25)18-9-15(10-19(22)13(18)3)21(26)24-17-5-6-17/h4,7-12,17H,5-6H2,1-3H3,(H,24,26). The van der Waals surface area contributed by atoms with Crippen LogP contribution in [0.2, 0.25) is 0 Å². The van der Waals surface area contributed by atoms with E-state index in [1.54, 1.807) is 45.0 Å². The zero-order chi connectivity index (χ0) is 20.9. The van der Waals surface area contributed by atoms with Gasteiger partial charge in [0.15, 0.2) is 0 Å². The lowest BCUT2D eigenvalue weighted by molar-refractivity contribution is 0.0950. The Labute approximate surface area is 168 Å². The van der Waals surface area contributed by atoms with Gasteiger partial charge in [0, 0.05) is 17.0 Å². The molecule has 1 amide bonds. The third-order valence-electron chi connectivity index (χ3n) is 5.20. The molecule has 1 aliphatic rings. The topological polar surface area (TPSA) is 81.1 Å². The summed E-state index contributed by atoms with van der Waals surface area (Å²) in [6, 6.07) is 8.25. The number of carbonyl (C=O) groups excluding carboxylic acids is 1. The monoisotopic (exact) mass is 415 g/mol. The lowest BCUT2D eigenvalue weighted by atomic mass is 9.96. The lowest BCUT2D eigenvalue weighted by Crippen LogP contribution is -2.25. The molecule has 0 spiro atoms. The van der Waals surface area contributed by atoms with Gasteiger partial charge in [-0.25, -0.2) is 12.8 Å². The van der Waals surface area contributed by atoms with Crippen molar-refractivity contribution in [1.82, 2.24) is 14.5 Å². The van der Waals surface area contributed by atoms with Gasteiger partial charge in [0.25, 0.3) is 15.9 Å². The number of fused-ring (bicyclic) bond motifs is 1. The predicted octanol–water partition coefficient (Wildman–Crippen LogP) is 3.63. The maximum atomic E-state index is 14.5. The van der Waals surface area contributed by atoms with Crippen molar-refractivity contribution >= 4 is 26.8 Å². The summed E-state index contributed by atoms with van der Waals surface area (Å²) in [5, 5.41) is 6.93. The molecular formula is C21H22FN3O3S. The number of hydrogen-bond acceptors (Lipinski definition) is 4. The maximum Gasteiger partial charge on any atom is 0.256 e. The summed E-state index contributed by atoms with van der Waals surface area (Å²) in [5.74, 6) is -0.744. The quantitative estimate of drug-likeness (QED) is 0.690. The van der Waals surface area contributed by atoms with Gasteiger partial charge >= 0.3 is 0 Å². The van der Waals surface area contributed by atoms with Gasteiger partial charge in [-0.3, -0.25) is 4.79 Å². The van der Waals surface area contributed by atoms with Gasteiger partial charge in [-0.15, -0.1) is 0 Å². The molecule has 0 saturated heterocycles. The van der Waals surface area contributed by atoms with Gasteiger partial charge < -0.3 is 5.32 Å². The Morgan fingerprint density at radius 1 is 1.24 bits per heavy atom. The van der Waals surface area contributed by atoms with Crippen LogP contribution >= 0.6 is 0 Å². The third-order valence-corrected chi connectivity index (χ3v) is 7.17. The van der Waals surface area contributed by atoms with Crippen LogP contribution < -0.4 is 5.32 Å². The van der Waals surface area contributed by atoms with Crippen LogP contribution in [0.15, 0.2) is 36.5 Å². The number of nitrogens with zero attached hydrogens (tertiary/aromatic N) is 2. The highest BCUT2D eigenvalue weighted by Crippen LogP contribution is 2.30. The second kappa shape index (κ2) is 6.95. The van der Waals surface area contributed by atoms with E-state index in [4.69, 9.17) is 0 Å². The molecule has 1 fully saturated rings. The van der Waals surface area contributed by atoms with E-state index in [1.807, 2.05) is 0 Å². The van der Waals surface area contributed by atoms with Crippen LogP contribution in [0.4, 0.5) is 4.39 Å². The summed E-state index contributed by atoms with van der Waals surface area (Å²) >= 11 is 0. The van der Waals surface area contributed by atoms with E-state index in [0.29, 0.717) is 27.6 Å². The summed E-state index contributed by atoms with van der Waals surface area (Å²) in [6.45, 7) is 4.85. The molecule has 0 aliphatic heterocycles. The Hall–Kier alpha value is -2.74. The van der Waals surface area contributed by atoms with E-state index in [1.165, 1.54) is 12.3 Å². The molecule has 29 heavy (non-hydrogen) atoms. The van der Waals surface area contributed by atoms with Crippen LogP contribution in [0.5, 0.6) is 0 Å². The molecule has 0 bridgehead atoms. The molecule has 1 N–H and O–H groups in total. The van der Waals surface area contributed by atoms with E-state index in [0.717, 1.165) is 16.9 Å². The van der Waals surface area contributed by atoms with E-state index >= 15 is 0 Å². The number of nitrogens with one attached hydrogen (secondary N) is 1. The van der Waals surface area contributed by atoms with E-state index in [2.05, 4.69) is 10.4 Å². The fraction of sp³-hybridized carbons (Fsp3) is 0.333. The lowest BCUT2D eigenvalue weighted by Gasteiger charge is -2.12. The molecule has 152 valence electrons. The first-order valence-corrected chi connectivity index (χ1v) is 11.0. The number of carbonyl (C=O) groups is 1. The highest BCUT2D eigenvalue weighted by molar-refractivity contribution is 7.90. The number of halogens is 1. The molecule has 0 radical (unpaired) electrons. The molecule has 1 aromatic heterocycles. The number of aromatic nitrogens is 2. The fourth-order valence-electron chi connectivity index (χ4n) is 3.19. The molecule has 2 aromatic carbocycles. The molecule has 8 heteroatoms. The third kappa shape index (κ3) is 3.53. The second-order valence-corrected chi connectivity index (χ2v) is 10.1. The van der Waals surface area contributed by atoms with E-state index in [-0.39, 0.29) is 17.5 Å². The van der Waals surface area contributed by atoms with Gasteiger partial charge in [0.1, 0.15) is 5.82 Å². The molecular weight excluding hydrogens is 393 g/mol. The molecule has 0 atom stereocenters. The molecule has 4 rings (SSSR count). The zero-order valence-electron chi connectivity index (χ0n) is 16.4. The molecule has 1 aliphatic carbocycles. The maximum absolute atomic E-state index is 14.5. The van der Waals surface area contributed by atoms with Gasteiger partial charge in [-0.2, -0.15) is 9.19 Å². The minimum Gasteiger partial charge on any atom is -0.349 e. The van der Waals surface area contributed by atoms with Crippen molar-refractivity contribution in [3.05, 3.63) is 53.5 Å². The minimum absolute atomic E-state index is 0.181. The van der Waals surface area contributed by atoms with Crippen molar-refractivity contribution in [3.63, 3.8) is 0 Å². The van der Waals surface area contributed by atoms with E-state index in [9.17, 15) is 17.6 Å². The predicted molar refractivity (Wildman–Crippen MR) is 110 cm³/mol. The van der Waals surface area contributed by atoms with Crippen LogP contribution in [0.3, 0.4) is 0 Å². The SMILES string of the molecule is Cc1c(F)cc(C(=O)NC2CC2)cc1-c1ccc2c(cnn2S(=O)(=O)C(C)C)c1. The second-order valence-electron chi connectivity index (χ2n) is 7.73. The highest BCUT2D eigenvalue weighted by atomic mass is 32.2. The number of hydrogen-bond donors (Lipinski definition) is 1. The molecule has 1 heterocycles. The summed E-state index contributed by atoms with van der Waals surface area (Å²) in [5.41, 5.74) is 2.44. The number of benzene rings is 2. The van der Waals surface area contributed by atoms with Crippen LogP contribution in [-0.2, 0) is 10.0 Å². The Morgan fingerprint density at radius 3 is 2.62 bits per heavy atom. The van der Waals surface area contributed by atoms with Crippen molar-refractivity contribution in [2.24, 2.45) is 0 Å². The molecule has 3 aromatic rings. The first-order chi connectivity index (χ1) is 13.7. The Balaban J connectivity index is 1.78. The number of rotatable bonds is 5. The van der Waals surface area contributed by atoms with Crippen molar-refractivity contribution in [2.45, 2.75) is 44.9 Å². The van der Waals surface area contributed by atoms with Crippen LogP contribution in [0.25, 0.3) is 22.0 Å². The smallest absolute Gasteiger partial charge is 0.256 e. The summed E-state index contributed by atoms with van der Waals surface area (Å²) < 4.78 is 40.5. The van der Waals surface area contributed by atoms with Crippen molar-refractivity contribution in [2.75, 3.05) is 0 Å². The summed E-state index contributed by atoms with van der Waals surface area (Å²) in [7, 11) is -3.58. The normalized spacial score (nSPS) is 14.5. The largest absolute Gasteiger partial charge is 0.349 e. The van der Waals surface area contributed by atoms with Gasteiger partial charge in [0.2, 0.25) is 0 Å². The molecule has 1 saturated carbocycles. The summed E-state index contributed by atoms with van der Waals surface area (Å²) in [6.07, 6.45) is 3.38. The fourth-order valence-corrected chi connectivity index (χ4v) is 4.20. The molecule has 0 unspecified atom stereocenters. The van der Waals surface area contributed by atoms with Gasteiger partial charge in [0.05, 0.1) is 17.0 Å². The van der Waals surface area contributed by atoms with Gasteiger partial charge in [-0.05, 0) is 74.6 Å². The van der Waals surface area contributed by atoms with E-state index < -0.39 is 21.1 Å². The first-order valence-electron chi connectivity index (χ1n) is 9.52. The zero-order valence-corrected chi connectivity index (χ0v) is 17.3. The van der Waals surface area contributed by atoms with Crippen LogP contribution in [0, 0.1) is 12.7 Å². The van der Waals surface area contributed by atoms with Crippen LogP contribution in [-0.4, -0.2) is 34.8 Å². The Kier molecular flexibility index (Phi) is 4.69. The van der Waals surface area contributed by atoms with Crippen LogP contribution in [0.1, 0.15) is 42.6 Å². The Bertz CT molecular complexity index is 1230. The van der Waals surface area contributed by atoms with Crippen molar-refractivity contribution in [3.8, 4) is 11.1 Å². The number of amides is 1. The summed E-state index contributed by atoms with van der Waals surface area (Å²) in [4.78, 5) is 12.4.